The molecule has 3 saturated heterocycles. The summed E-state index contributed by atoms with van der Waals surface area (Å²) in [7, 11) is 0. The van der Waals surface area contributed by atoms with Gasteiger partial charge in [-0.15, -0.1) is 0 Å². The fraction of sp³-hybridized carbons (Fsp3) is 0.529. The summed E-state index contributed by atoms with van der Waals surface area (Å²) in [5.41, 5.74) is 0.842. The van der Waals surface area contributed by atoms with Gasteiger partial charge < -0.3 is 9.47 Å². The van der Waals surface area contributed by atoms with Gasteiger partial charge in [-0.25, -0.2) is 9.59 Å². The lowest BCUT2D eigenvalue weighted by Crippen LogP contribution is -2.69. The minimum Gasteiger partial charge on any atom is -0.458 e. The van der Waals surface area contributed by atoms with Crippen molar-refractivity contribution in [2.24, 2.45) is 39.9 Å². The number of hydrogen-bond acceptors (Lipinski definition) is 9. The topological polar surface area (TPSA) is 142 Å². The average Bonchev–Trinajstić information content (AvgIpc) is 3.45. The van der Waals surface area contributed by atoms with Crippen LogP contribution in [0.15, 0.2) is 60.7 Å². The zero-order valence-electron chi connectivity index (χ0n) is 24.8. The summed E-state index contributed by atoms with van der Waals surface area (Å²) in [5, 5.41) is 22.4. The second-order valence-electron chi connectivity index (χ2n) is 14.9. The highest BCUT2D eigenvalue weighted by Crippen LogP contribution is 2.87. The summed E-state index contributed by atoms with van der Waals surface area (Å²) in [5.74, 6) is -0.451. The molecule has 0 N–H and O–H groups in total. The molecule has 2 aromatic rings. The van der Waals surface area contributed by atoms with Crippen LogP contribution in [-0.2, 0) is 9.47 Å². The fourth-order valence-electron chi connectivity index (χ4n) is 12.6. The number of carbonyl (C=O) groups is 2. The van der Waals surface area contributed by atoms with E-state index < -0.39 is 39.4 Å². The van der Waals surface area contributed by atoms with Crippen LogP contribution in [-0.4, -0.2) is 57.5 Å². The molecule has 3 aliphatic heterocycles. The number of esters is 2. The molecular formula is C34H33N3O8. The predicted octanol–water partition coefficient (Wildman–Crippen LogP) is 5.34. The maximum absolute atomic E-state index is 13.7. The largest absolute Gasteiger partial charge is 0.458 e. The lowest BCUT2D eigenvalue weighted by atomic mass is 9.39. The molecule has 2 unspecified atom stereocenters. The molecule has 45 heavy (non-hydrogen) atoms. The highest BCUT2D eigenvalue weighted by molar-refractivity contribution is 5.90. The van der Waals surface area contributed by atoms with Crippen molar-refractivity contribution in [2.45, 2.75) is 63.3 Å². The van der Waals surface area contributed by atoms with E-state index in [1.807, 2.05) is 0 Å². The van der Waals surface area contributed by atoms with Crippen molar-refractivity contribution in [1.29, 1.82) is 0 Å². The third-order valence-corrected chi connectivity index (χ3v) is 13.4. The van der Waals surface area contributed by atoms with Gasteiger partial charge in [0.2, 0.25) is 0 Å². The average molecular weight is 612 g/mol. The molecule has 0 amide bonds. The molecule has 9 aliphatic rings. The number of non-ortho nitro benzene ring substituents is 2. The Kier molecular flexibility index (Phi) is 5.18. The third-order valence-electron chi connectivity index (χ3n) is 13.4. The van der Waals surface area contributed by atoms with E-state index in [0.717, 1.165) is 37.8 Å². The Hall–Kier alpha value is -4.12. The molecule has 0 aromatic heterocycles. The number of hydrogen-bond donors (Lipinski definition) is 0. The van der Waals surface area contributed by atoms with Crippen LogP contribution in [0.4, 0.5) is 11.4 Å². The van der Waals surface area contributed by atoms with Gasteiger partial charge in [0.05, 0.1) is 21.0 Å². The van der Waals surface area contributed by atoms with Crippen LogP contribution in [0.25, 0.3) is 0 Å². The number of rotatable bonds is 6. The first-order chi connectivity index (χ1) is 21.5. The summed E-state index contributed by atoms with van der Waals surface area (Å²) >= 11 is 0. The molecule has 9 bridgehead atoms. The van der Waals surface area contributed by atoms with Gasteiger partial charge in [0.1, 0.15) is 12.2 Å². The number of ether oxygens (including phenoxy) is 2. The molecule has 9 fully saturated rings. The molecule has 0 radical (unpaired) electrons. The van der Waals surface area contributed by atoms with E-state index in [1.54, 1.807) is 0 Å². The van der Waals surface area contributed by atoms with E-state index >= 15 is 0 Å². The molecule has 6 saturated carbocycles. The maximum Gasteiger partial charge on any atom is 0.338 e. The standard InChI is InChI=1S/C34H33N3O8/c1-17-22-14-23-28-33-13-3-12-32(2)16-35(28)24(26(32)33)15-34(23,29(17)45-31(39)19-6-10-21(11-7-19)37(42)43)27(33)25(22)44-30(38)18-4-8-20(9-5-18)36(40)41/h4-11,22-29H,1,3,12-16H2,2H3/t22-,23-,24+,25+,26-,27+,28?,29-,32+,33+,34-/m1/s1. The highest BCUT2D eigenvalue weighted by Gasteiger charge is 2.90. The van der Waals surface area contributed by atoms with Crippen molar-refractivity contribution in [2.75, 3.05) is 6.54 Å². The quantitative estimate of drug-likeness (QED) is 0.183. The van der Waals surface area contributed by atoms with Gasteiger partial charge in [-0.2, -0.15) is 0 Å². The van der Waals surface area contributed by atoms with E-state index in [1.165, 1.54) is 55.0 Å². The highest BCUT2D eigenvalue weighted by atomic mass is 16.6. The first kappa shape index (κ1) is 27.2. The summed E-state index contributed by atoms with van der Waals surface area (Å²) in [6.07, 6.45) is 4.06. The molecule has 232 valence electrons. The van der Waals surface area contributed by atoms with E-state index in [0.29, 0.717) is 18.0 Å². The summed E-state index contributed by atoms with van der Waals surface area (Å²) in [4.78, 5) is 51.5. The maximum atomic E-state index is 13.7. The molecule has 2 spiro atoms. The normalized spacial score (nSPS) is 43.8. The number of nitro groups is 2. The summed E-state index contributed by atoms with van der Waals surface area (Å²) in [6.45, 7) is 8.02. The van der Waals surface area contributed by atoms with Crippen LogP contribution in [0.1, 0.15) is 59.7 Å². The molecule has 11 heteroatoms. The smallest absolute Gasteiger partial charge is 0.338 e. The van der Waals surface area contributed by atoms with Gasteiger partial charge in [0.15, 0.2) is 0 Å². The molecule has 2 aromatic carbocycles. The van der Waals surface area contributed by atoms with Gasteiger partial charge in [-0.05, 0) is 78.2 Å². The van der Waals surface area contributed by atoms with Crippen molar-refractivity contribution in [3.05, 3.63) is 92.0 Å². The Morgan fingerprint density at radius 1 is 0.889 bits per heavy atom. The van der Waals surface area contributed by atoms with Gasteiger partial charge >= 0.3 is 11.9 Å². The number of carbonyl (C=O) groups excluding carboxylic acids is 2. The zero-order valence-corrected chi connectivity index (χ0v) is 24.8. The van der Waals surface area contributed by atoms with Crippen LogP contribution in [0.3, 0.4) is 0 Å². The van der Waals surface area contributed by atoms with Gasteiger partial charge in [-0.3, -0.25) is 25.1 Å². The van der Waals surface area contributed by atoms with E-state index in [9.17, 15) is 29.8 Å². The minimum absolute atomic E-state index is 0.00733. The Bertz CT molecular complexity index is 1730. The zero-order chi connectivity index (χ0) is 31.2. The molecule has 11 rings (SSSR count). The Balaban J connectivity index is 1.11. The van der Waals surface area contributed by atoms with Gasteiger partial charge in [0, 0.05) is 60.1 Å². The summed E-state index contributed by atoms with van der Waals surface area (Å²) < 4.78 is 13.0. The summed E-state index contributed by atoms with van der Waals surface area (Å²) in [6, 6.07) is 11.8. The lowest BCUT2D eigenvalue weighted by molar-refractivity contribution is -0.385. The van der Waals surface area contributed by atoms with Gasteiger partial charge in [0.25, 0.3) is 11.4 Å². The Morgan fingerprint density at radius 3 is 2.09 bits per heavy atom. The second-order valence-corrected chi connectivity index (χ2v) is 14.9. The van der Waals surface area contributed by atoms with Crippen LogP contribution in [0, 0.1) is 60.1 Å². The van der Waals surface area contributed by atoms with Crippen LogP contribution in [0.5, 0.6) is 0 Å². The van der Waals surface area contributed by atoms with E-state index in [2.05, 4.69) is 18.4 Å². The third kappa shape index (κ3) is 3.10. The minimum atomic E-state index is -0.540. The van der Waals surface area contributed by atoms with Crippen molar-refractivity contribution in [3.63, 3.8) is 0 Å². The molecule has 11 nitrogen and oxygen atoms in total. The number of nitrogens with zero attached hydrogens (tertiary/aromatic N) is 3. The first-order valence-corrected chi connectivity index (χ1v) is 15.9. The molecular weight excluding hydrogens is 578 g/mol. The first-order valence-electron chi connectivity index (χ1n) is 15.9. The van der Waals surface area contributed by atoms with Crippen LogP contribution >= 0.6 is 0 Å². The number of benzene rings is 2. The van der Waals surface area contributed by atoms with E-state index in [-0.39, 0.29) is 51.1 Å². The molecule has 3 heterocycles. The second kappa shape index (κ2) is 8.57. The van der Waals surface area contributed by atoms with Crippen LogP contribution < -0.4 is 0 Å². The predicted molar refractivity (Wildman–Crippen MR) is 158 cm³/mol. The SMILES string of the molecule is C=C1[C@H]2C[C@@H]3C4N5C[C@]6(C)CCC[C@@]47[C@@H]6[C@@H]5C[C@]3([C@@H]1OC(=O)c1ccc([N+](=O)[O-])cc1)[C@H]7[C@H]2OC(=O)c1ccc([N+](=O)[O-])cc1. The fourth-order valence-corrected chi connectivity index (χ4v) is 12.6. The lowest BCUT2D eigenvalue weighted by Gasteiger charge is -2.66. The number of fused-ring (bicyclic) bond motifs is 1. The van der Waals surface area contributed by atoms with Crippen molar-refractivity contribution < 1.29 is 28.9 Å². The van der Waals surface area contributed by atoms with Crippen molar-refractivity contribution in [3.8, 4) is 0 Å². The number of piperidine rings is 2. The Morgan fingerprint density at radius 2 is 1.49 bits per heavy atom. The molecule has 12 atom stereocenters. The van der Waals surface area contributed by atoms with Crippen molar-refractivity contribution in [1.82, 2.24) is 4.90 Å². The Labute approximate surface area is 258 Å². The van der Waals surface area contributed by atoms with Gasteiger partial charge in [-0.1, -0.05) is 19.9 Å². The van der Waals surface area contributed by atoms with Crippen molar-refractivity contribution >= 4 is 23.3 Å². The monoisotopic (exact) mass is 611 g/mol. The number of nitro benzene ring substituents is 2. The van der Waals surface area contributed by atoms with E-state index in [4.69, 9.17) is 9.47 Å². The van der Waals surface area contributed by atoms with Crippen LogP contribution in [0.2, 0.25) is 0 Å². The molecule has 6 aliphatic carbocycles.